The Morgan fingerprint density at radius 1 is 0.518 bits per heavy atom. The van der Waals surface area contributed by atoms with E-state index in [9.17, 15) is 19.5 Å². The maximum Gasteiger partial charge on any atom is 0.326 e. The lowest BCUT2D eigenvalue weighted by molar-refractivity contribution is -0.150. The summed E-state index contributed by atoms with van der Waals surface area (Å²) in [6, 6.07) is -0.859. The molecule has 0 aliphatic rings. The second kappa shape index (κ2) is 43.7. The molecule has 0 aliphatic heterocycles. The Morgan fingerprint density at radius 3 is 1.50 bits per heavy atom. The molecular weight excluding hydrogens is 697 g/mol. The standard InChI is InChI=1S/C49H90N2O5/c1-3-5-7-9-11-13-15-16-17-18-19-20-21-22-24-26-28-33-37-43-48(53)56-45(39-34-30-27-25-23-14-12-10-8-6-4-2)40-35-31-29-32-36-42-47(52)51-46(49(54)55)41-38-44-50/h11,13,16-17,25,27,45-46H,3-10,12,14-15,18-24,26,28-44,50H2,1-2H3,(H,51,52)(H,54,55)/b13-11-,17-16-,27-25-. The van der Waals surface area contributed by atoms with Gasteiger partial charge in [-0.3, -0.25) is 9.59 Å². The molecule has 2 unspecified atom stereocenters. The van der Waals surface area contributed by atoms with Crippen molar-refractivity contribution in [1.82, 2.24) is 5.32 Å². The first kappa shape index (κ1) is 53.6. The van der Waals surface area contributed by atoms with Crippen LogP contribution in [-0.2, 0) is 19.1 Å². The summed E-state index contributed by atoms with van der Waals surface area (Å²) >= 11 is 0. The third kappa shape index (κ3) is 39.8. The number of esters is 1. The van der Waals surface area contributed by atoms with Crippen molar-refractivity contribution in [2.75, 3.05) is 6.54 Å². The number of nitrogens with two attached hydrogens (primary N) is 1. The zero-order chi connectivity index (χ0) is 41.0. The monoisotopic (exact) mass is 787 g/mol. The van der Waals surface area contributed by atoms with Crippen molar-refractivity contribution in [1.29, 1.82) is 0 Å². The molecule has 7 heteroatoms. The van der Waals surface area contributed by atoms with E-state index >= 15 is 0 Å². The molecule has 4 N–H and O–H groups in total. The van der Waals surface area contributed by atoms with Gasteiger partial charge in [-0.25, -0.2) is 4.79 Å². The summed E-state index contributed by atoms with van der Waals surface area (Å²) in [4.78, 5) is 36.4. The SMILES string of the molecule is CCCCC/C=C\C/C=C\CCCCCCCCCCCC(=O)OC(CCC/C=C\CCCCCCCC)CCCCCCCC(=O)NC(CCCN)C(=O)O. The van der Waals surface area contributed by atoms with Gasteiger partial charge in [-0.05, 0) is 109 Å². The van der Waals surface area contributed by atoms with Gasteiger partial charge < -0.3 is 20.9 Å². The van der Waals surface area contributed by atoms with Crippen LogP contribution in [0.25, 0.3) is 0 Å². The predicted octanol–water partition coefficient (Wildman–Crippen LogP) is 13.8. The zero-order valence-corrected chi connectivity index (χ0v) is 36.7. The fourth-order valence-corrected chi connectivity index (χ4v) is 7.07. The number of carboxylic acid groups (broad SMARTS) is 1. The van der Waals surface area contributed by atoms with Gasteiger partial charge in [0.05, 0.1) is 0 Å². The number of ether oxygens (including phenoxy) is 1. The van der Waals surface area contributed by atoms with Gasteiger partial charge >= 0.3 is 11.9 Å². The van der Waals surface area contributed by atoms with Crippen molar-refractivity contribution >= 4 is 17.8 Å². The number of carbonyl (C=O) groups excluding carboxylic acids is 2. The van der Waals surface area contributed by atoms with Crippen molar-refractivity contribution in [2.24, 2.45) is 5.73 Å². The van der Waals surface area contributed by atoms with Crippen LogP contribution < -0.4 is 11.1 Å². The number of aliphatic carboxylic acids is 1. The third-order valence-corrected chi connectivity index (χ3v) is 10.7. The molecule has 0 aromatic heterocycles. The maximum atomic E-state index is 12.8. The first-order valence-electron chi connectivity index (χ1n) is 23.8. The van der Waals surface area contributed by atoms with Gasteiger partial charge in [0.15, 0.2) is 0 Å². The minimum atomic E-state index is -1.01. The number of carboxylic acids is 1. The maximum absolute atomic E-state index is 12.8. The number of nitrogens with one attached hydrogen (secondary N) is 1. The molecule has 0 saturated carbocycles. The van der Waals surface area contributed by atoms with E-state index in [0.29, 0.717) is 32.2 Å². The molecule has 0 heterocycles. The highest BCUT2D eigenvalue weighted by atomic mass is 16.5. The highest BCUT2D eigenvalue weighted by Gasteiger charge is 2.19. The second-order valence-electron chi connectivity index (χ2n) is 16.2. The average Bonchev–Trinajstić information content (AvgIpc) is 3.18. The Morgan fingerprint density at radius 2 is 0.946 bits per heavy atom. The third-order valence-electron chi connectivity index (χ3n) is 10.7. The van der Waals surface area contributed by atoms with Crippen molar-refractivity contribution in [3.8, 4) is 0 Å². The number of amides is 1. The smallest absolute Gasteiger partial charge is 0.326 e. The van der Waals surface area contributed by atoms with Crippen LogP contribution in [0.1, 0.15) is 239 Å². The highest BCUT2D eigenvalue weighted by molar-refractivity contribution is 5.83. The minimum absolute atomic E-state index is 0.0191. The van der Waals surface area contributed by atoms with Crippen LogP contribution in [0.3, 0.4) is 0 Å². The number of allylic oxidation sites excluding steroid dienone is 6. The number of hydrogen-bond donors (Lipinski definition) is 3. The molecule has 1 amide bonds. The molecule has 0 bridgehead atoms. The van der Waals surface area contributed by atoms with Gasteiger partial charge in [0.2, 0.25) is 5.91 Å². The van der Waals surface area contributed by atoms with E-state index in [-0.39, 0.29) is 18.0 Å². The van der Waals surface area contributed by atoms with Crippen LogP contribution in [0.2, 0.25) is 0 Å². The summed E-state index contributed by atoms with van der Waals surface area (Å²) in [6.45, 7) is 4.92. The largest absolute Gasteiger partial charge is 0.480 e. The summed E-state index contributed by atoms with van der Waals surface area (Å²) < 4.78 is 6.04. The summed E-state index contributed by atoms with van der Waals surface area (Å²) in [5, 5.41) is 11.9. The normalized spacial score (nSPS) is 12.9. The van der Waals surface area contributed by atoms with Crippen LogP contribution >= 0.6 is 0 Å². The number of unbranched alkanes of at least 4 members (excludes halogenated alkanes) is 23. The number of carbonyl (C=O) groups is 3. The topological polar surface area (TPSA) is 119 Å². The van der Waals surface area contributed by atoms with E-state index in [2.05, 4.69) is 55.6 Å². The molecule has 326 valence electrons. The summed E-state index contributed by atoms with van der Waals surface area (Å²) in [6.07, 6.45) is 51.9. The molecule has 0 radical (unpaired) electrons. The summed E-state index contributed by atoms with van der Waals surface area (Å²) in [7, 11) is 0. The van der Waals surface area contributed by atoms with Crippen LogP contribution in [0, 0.1) is 0 Å². The summed E-state index contributed by atoms with van der Waals surface area (Å²) in [5.41, 5.74) is 5.49. The predicted molar refractivity (Wildman–Crippen MR) is 239 cm³/mol. The van der Waals surface area contributed by atoms with E-state index in [1.807, 2.05) is 0 Å². The van der Waals surface area contributed by atoms with Gasteiger partial charge in [0, 0.05) is 12.8 Å². The Balaban J connectivity index is 4.27. The van der Waals surface area contributed by atoms with Crippen molar-refractivity contribution in [3.63, 3.8) is 0 Å². The Hall–Kier alpha value is -2.41. The van der Waals surface area contributed by atoms with Crippen molar-refractivity contribution < 1.29 is 24.2 Å². The fourth-order valence-electron chi connectivity index (χ4n) is 7.07. The molecule has 2 atom stereocenters. The van der Waals surface area contributed by atoms with E-state index in [0.717, 1.165) is 83.5 Å². The zero-order valence-electron chi connectivity index (χ0n) is 36.7. The Labute approximate surface area is 345 Å². The lowest BCUT2D eigenvalue weighted by Gasteiger charge is -2.18. The average molecular weight is 787 g/mol. The molecule has 0 fully saturated rings. The first-order chi connectivity index (χ1) is 27.4. The lowest BCUT2D eigenvalue weighted by atomic mass is 10.0. The molecule has 0 aromatic carbocycles. The van der Waals surface area contributed by atoms with Crippen LogP contribution in [0.4, 0.5) is 0 Å². The quantitative estimate of drug-likeness (QED) is 0.0322. The molecule has 56 heavy (non-hydrogen) atoms. The van der Waals surface area contributed by atoms with E-state index in [1.54, 1.807) is 0 Å². The molecule has 0 rings (SSSR count). The van der Waals surface area contributed by atoms with Gasteiger partial charge in [-0.15, -0.1) is 0 Å². The minimum Gasteiger partial charge on any atom is -0.480 e. The van der Waals surface area contributed by atoms with Crippen molar-refractivity contribution in [2.45, 2.75) is 251 Å². The van der Waals surface area contributed by atoms with Crippen molar-refractivity contribution in [3.05, 3.63) is 36.5 Å². The molecule has 7 nitrogen and oxygen atoms in total. The number of hydrogen-bond acceptors (Lipinski definition) is 5. The van der Waals surface area contributed by atoms with Crippen LogP contribution in [-0.4, -0.2) is 41.6 Å². The molecule has 0 aromatic rings. The molecule has 0 spiro atoms. The van der Waals surface area contributed by atoms with Crippen LogP contribution in [0.5, 0.6) is 0 Å². The van der Waals surface area contributed by atoms with E-state index in [4.69, 9.17) is 10.5 Å². The highest BCUT2D eigenvalue weighted by Crippen LogP contribution is 2.18. The van der Waals surface area contributed by atoms with Gasteiger partial charge in [-0.1, -0.05) is 159 Å². The Bertz CT molecular complexity index is 978. The second-order valence-corrected chi connectivity index (χ2v) is 16.2. The summed E-state index contributed by atoms with van der Waals surface area (Å²) in [5.74, 6) is -1.25. The fraction of sp³-hybridized carbons (Fsp3) is 0.816. The van der Waals surface area contributed by atoms with Crippen LogP contribution in [0.15, 0.2) is 36.5 Å². The first-order valence-corrected chi connectivity index (χ1v) is 23.8. The van der Waals surface area contributed by atoms with Gasteiger partial charge in [0.25, 0.3) is 0 Å². The molecular formula is C49H90N2O5. The Kier molecular flexibility index (Phi) is 41.8. The number of rotatable bonds is 43. The lowest BCUT2D eigenvalue weighted by Crippen LogP contribution is -2.40. The molecule has 0 saturated heterocycles. The van der Waals surface area contributed by atoms with Gasteiger partial charge in [-0.2, -0.15) is 0 Å². The molecule has 0 aliphatic carbocycles. The van der Waals surface area contributed by atoms with E-state index in [1.165, 1.54) is 116 Å². The van der Waals surface area contributed by atoms with E-state index < -0.39 is 12.0 Å². The van der Waals surface area contributed by atoms with Gasteiger partial charge in [0.1, 0.15) is 12.1 Å².